The average molecular weight is 644 g/mol. The van der Waals surface area contributed by atoms with Crippen LogP contribution in [0.5, 0.6) is 0 Å². The third-order valence-corrected chi connectivity index (χ3v) is 6.15. The van der Waals surface area contributed by atoms with Crippen molar-refractivity contribution in [3.05, 3.63) is 29.6 Å². The number of fused-ring (bicyclic) bond motifs is 1. The van der Waals surface area contributed by atoms with Crippen LogP contribution >= 0.6 is 25.1 Å². The number of nitrogens with one attached hydrogen (secondary N) is 2. The highest BCUT2D eigenvalue weighted by atomic mass is 32.2. The molecule has 2 atom stereocenters. The Kier molecular flexibility index (Phi) is 16.1. The smallest absolute Gasteiger partial charge is 0.369 e. The number of ether oxygens (including phenoxy) is 1. The molecule has 0 radical (unpaired) electrons. The molecule has 7 nitrogen and oxygen atoms in total. The van der Waals surface area contributed by atoms with Crippen molar-refractivity contribution >= 4 is 42.1 Å². The van der Waals surface area contributed by atoms with Crippen molar-refractivity contribution in [1.29, 1.82) is 5.26 Å². The molecule has 0 aliphatic heterocycles. The number of nitriles is 1. The van der Waals surface area contributed by atoms with Crippen molar-refractivity contribution in [2.75, 3.05) is 13.7 Å². The van der Waals surface area contributed by atoms with Crippen LogP contribution in [0.25, 0.3) is 11.0 Å². The molecule has 2 fully saturated rings. The molecule has 4 rings (SSSR count). The Morgan fingerprint density at radius 3 is 2.29 bits per heavy atom. The summed E-state index contributed by atoms with van der Waals surface area (Å²) in [6, 6.07) is 6.94. The monoisotopic (exact) mass is 643 g/mol. The maximum atomic E-state index is 13.5. The molecule has 2 saturated carbocycles. The van der Waals surface area contributed by atoms with Gasteiger partial charge in [0.1, 0.15) is 5.82 Å². The number of hydrogen-bond acceptors (Lipinski definition) is 7. The number of carbonyl (C=O) groups is 1. The minimum atomic E-state index is -4.48. The van der Waals surface area contributed by atoms with Gasteiger partial charge in [-0.25, -0.2) is 17.7 Å². The predicted molar refractivity (Wildman–Crippen MR) is 155 cm³/mol. The summed E-state index contributed by atoms with van der Waals surface area (Å²) in [5.41, 5.74) is 1.40. The lowest BCUT2D eigenvalue weighted by atomic mass is 10.2. The van der Waals surface area contributed by atoms with Crippen LogP contribution in [0.1, 0.15) is 64.8 Å². The van der Waals surface area contributed by atoms with E-state index < -0.39 is 30.0 Å². The second-order valence-corrected chi connectivity index (χ2v) is 11.5. The lowest BCUT2D eigenvalue weighted by Crippen LogP contribution is -2.29. The van der Waals surface area contributed by atoms with E-state index in [-0.39, 0.29) is 50.6 Å². The van der Waals surface area contributed by atoms with Crippen LogP contribution in [0.15, 0.2) is 18.2 Å². The van der Waals surface area contributed by atoms with E-state index in [1.807, 2.05) is 0 Å². The van der Waals surface area contributed by atoms with E-state index in [0.717, 1.165) is 29.7 Å². The highest BCUT2D eigenvalue weighted by Crippen LogP contribution is 2.50. The van der Waals surface area contributed by atoms with Gasteiger partial charge in [-0.15, -0.1) is 3.89 Å². The summed E-state index contributed by atoms with van der Waals surface area (Å²) in [5, 5.41) is 10.5. The minimum absolute atomic E-state index is 0.0340. The normalized spacial score (nSPS) is 17.5. The minimum Gasteiger partial charge on any atom is -0.369 e. The Bertz CT molecular complexity index is 1150. The van der Waals surface area contributed by atoms with Gasteiger partial charge >= 0.3 is 6.18 Å². The van der Waals surface area contributed by atoms with Crippen molar-refractivity contribution in [2.45, 2.75) is 84.5 Å². The molecule has 1 amide bonds. The number of carbonyl (C=O) groups excluding carboxylic acids is 1. The van der Waals surface area contributed by atoms with Crippen LogP contribution in [-0.2, 0) is 22.5 Å². The van der Waals surface area contributed by atoms with Crippen LogP contribution < -0.4 is 10.0 Å². The van der Waals surface area contributed by atoms with E-state index in [0.29, 0.717) is 22.5 Å². The molecule has 1 heterocycles. The summed E-state index contributed by atoms with van der Waals surface area (Å²) in [5.74, 6) is -2.71. The fraction of sp³-hybridized carbons (Fsp3) is 0.667. The van der Waals surface area contributed by atoms with Gasteiger partial charge in [-0.1, -0.05) is 39.7 Å². The quantitative estimate of drug-likeness (QED) is 0.198. The number of benzene rings is 1. The lowest BCUT2D eigenvalue weighted by Gasteiger charge is -2.16. The molecule has 238 valence electrons. The number of amides is 1. The molecular weight excluding hydrogens is 604 g/mol. The van der Waals surface area contributed by atoms with Gasteiger partial charge in [-0.05, 0) is 50.4 Å². The molecule has 42 heavy (non-hydrogen) atoms. The molecule has 2 aliphatic rings. The number of imidazole rings is 1. The van der Waals surface area contributed by atoms with Crippen molar-refractivity contribution in [3.63, 3.8) is 0 Å². The van der Waals surface area contributed by atoms with Crippen LogP contribution in [0.3, 0.4) is 0 Å². The molecule has 2 aliphatic carbocycles. The molecule has 2 N–H and O–H groups in total. The van der Waals surface area contributed by atoms with Gasteiger partial charge < -0.3 is 10.1 Å². The van der Waals surface area contributed by atoms with Crippen LogP contribution in [0.2, 0.25) is 0 Å². The summed E-state index contributed by atoms with van der Waals surface area (Å²) in [6.45, 7) is 7.16. The van der Waals surface area contributed by atoms with Crippen molar-refractivity contribution in [1.82, 2.24) is 19.0 Å². The number of thiol groups is 1. The van der Waals surface area contributed by atoms with E-state index in [9.17, 15) is 30.6 Å². The van der Waals surface area contributed by atoms with Crippen molar-refractivity contribution in [2.24, 2.45) is 17.8 Å². The summed E-state index contributed by atoms with van der Waals surface area (Å²) >= 11 is 3.39. The highest BCUT2D eigenvalue weighted by molar-refractivity contribution is 7.92. The van der Waals surface area contributed by atoms with Crippen LogP contribution in [-0.4, -0.2) is 46.7 Å². The summed E-state index contributed by atoms with van der Waals surface area (Å²) in [6.07, 6.45) is -4.70. The molecule has 2 aromatic rings. The van der Waals surface area contributed by atoms with E-state index in [1.54, 1.807) is 25.2 Å². The summed E-state index contributed by atoms with van der Waals surface area (Å²) < 4.78 is 85.0. The Morgan fingerprint density at radius 2 is 1.86 bits per heavy atom. The average Bonchev–Trinajstić information content (AvgIpc) is 3.79. The van der Waals surface area contributed by atoms with Gasteiger partial charge in [0, 0.05) is 37.6 Å². The van der Waals surface area contributed by atoms with Gasteiger partial charge in [0.25, 0.3) is 5.92 Å². The largest absolute Gasteiger partial charge is 0.414 e. The Balaban J connectivity index is 0.000000616. The predicted octanol–water partition coefficient (Wildman–Crippen LogP) is 7.22. The number of nitrogens with zero attached hydrogens (tertiary/aromatic N) is 3. The van der Waals surface area contributed by atoms with Gasteiger partial charge in [-0.2, -0.15) is 18.4 Å². The van der Waals surface area contributed by atoms with Crippen LogP contribution in [0.4, 0.5) is 25.8 Å². The molecule has 1 aromatic carbocycles. The van der Waals surface area contributed by atoms with Gasteiger partial charge in [0.15, 0.2) is 18.4 Å². The molecule has 15 heteroatoms. The number of hydrogen-bond donors (Lipinski definition) is 3. The van der Waals surface area contributed by atoms with Gasteiger partial charge in [0.2, 0.25) is 5.91 Å². The van der Waals surface area contributed by atoms with Crippen molar-refractivity contribution in [3.8, 4) is 6.07 Å². The summed E-state index contributed by atoms with van der Waals surface area (Å²) in [7, 11) is 1.74. The molecular formula is C27H39F6N5O2S2. The van der Waals surface area contributed by atoms with Crippen molar-refractivity contribution < 1.29 is 35.4 Å². The molecule has 2 unspecified atom stereocenters. The topological polar surface area (TPSA) is 92.0 Å². The van der Waals surface area contributed by atoms with E-state index >= 15 is 0 Å². The van der Waals surface area contributed by atoms with Crippen LogP contribution in [0, 0.1) is 29.1 Å². The van der Waals surface area contributed by atoms with Gasteiger partial charge in [-0.3, -0.25) is 9.52 Å². The third-order valence-electron chi connectivity index (χ3n) is 5.60. The first kappa shape index (κ1) is 37.9. The second-order valence-electron chi connectivity index (χ2n) is 10.5. The lowest BCUT2D eigenvalue weighted by molar-refractivity contribution is -0.213. The standard InChI is InChI=1S/C18H19F6N3O2S.C4H5N.C4H10.CH5NS/c1-10(18(21,22)23)29-5-4-15-26-13-3-2-11(6-14(13)27(15)30-24)9-25-16(28)7-12-8-17(12,19)20;5-3-4-1-2-4;1-4(2)3;1-2-3/h2-3,6,10,12H,4-5,7-9H2,1H3,(H,25,28);4H,1-2H2;4H,1-3H3;2-3H,1H3. The van der Waals surface area contributed by atoms with Gasteiger partial charge in [0.05, 0.1) is 23.7 Å². The maximum absolute atomic E-state index is 13.5. The number of halogens is 6. The first-order chi connectivity index (χ1) is 19.6. The fourth-order valence-electron chi connectivity index (χ4n) is 3.12. The third kappa shape index (κ3) is 14.3. The zero-order chi connectivity index (χ0) is 32.1. The summed E-state index contributed by atoms with van der Waals surface area (Å²) in [4.78, 5) is 16.0. The Labute approximate surface area is 253 Å². The molecule has 1 aromatic heterocycles. The highest BCUT2D eigenvalue weighted by Gasteiger charge is 2.57. The first-order valence-corrected chi connectivity index (χ1v) is 14.5. The zero-order valence-corrected chi connectivity index (χ0v) is 26.0. The Hall–Kier alpha value is -2.15. The molecule has 0 saturated heterocycles. The van der Waals surface area contributed by atoms with E-state index in [4.69, 9.17) is 10.00 Å². The Morgan fingerprint density at radius 1 is 1.29 bits per heavy atom. The first-order valence-electron chi connectivity index (χ1n) is 13.4. The fourth-order valence-corrected chi connectivity index (χ4v) is 3.55. The zero-order valence-electron chi connectivity index (χ0n) is 24.3. The molecule has 0 bridgehead atoms. The molecule has 0 spiro atoms. The maximum Gasteiger partial charge on any atom is 0.414 e. The second kappa shape index (κ2) is 17.8. The SMILES string of the molecule is CC(C)C.CC(OCCc1nc2ccc(CNC(=O)CC3CC3(F)F)cc2n1SF)C(F)(F)F.CNS.N#CC1CC1. The number of alkyl halides is 5. The number of aromatic nitrogens is 2. The number of rotatable bonds is 9. The van der Waals surface area contributed by atoms with E-state index in [1.165, 1.54) is 0 Å². The van der Waals surface area contributed by atoms with E-state index in [2.05, 4.69) is 54.7 Å².